The zero-order chi connectivity index (χ0) is 15.4. The molecule has 0 saturated carbocycles. The van der Waals surface area contributed by atoms with Gasteiger partial charge in [0.05, 0.1) is 6.61 Å². The van der Waals surface area contributed by atoms with E-state index in [0.717, 1.165) is 11.3 Å². The summed E-state index contributed by atoms with van der Waals surface area (Å²) in [5.41, 5.74) is 7.99. The van der Waals surface area contributed by atoms with E-state index < -0.39 is 11.7 Å². The molecule has 0 aliphatic rings. The summed E-state index contributed by atoms with van der Waals surface area (Å²) >= 11 is 0. The average Bonchev–Trinajstić information content (AvgIpc) is 2.81. The van der Waals surface area contributed by atoms with Crippen LogP contribution >= 0.6 is 0 Å². The number of benzene rings is 1. The van der Waals surface area contributed by atoms with Gasteiger partial charge in [0.1, 0.15) is 5.69 Å². The van der Waals surface area contributed by atoms with Crippen molar-refractivity contribution in [2.24, 2.45) is 5.73 Å². The Labute approximate surface area is 123 Å². The number of carbonyl (C=O) groups excluding carboxylic acids is 2. The normalized spacial score (nSPS) is 10.6. The van der Waals surface area contributed by atoms with Crippen LogP contribution in [0.1, 0.15) is 16.2 Å². The smallest absolute Gasteiger partial charge is 0.291 e. The molecule has 5 heteroatoms. The Balaban J connectivity index is 2.60. The second kappa shape index (κ2) is 6.37. The van der Waals surface area contributed by atoms with E-state index in [2.05, 4.69) is 0 Å². The van der Waals surface area contributed by atoms with Crippen LogP contribution in [0.3, 0.4) is 0 Å². The predicted octanol–water partition coefficient (Wildman–Crippen LogP) is 1.78. The van der Waals surface area contributed by atoms with Crippen molar-refractivity contribution in [1.82, 2.24) is 4.57 Å². The number of amides is 1. The lowest BCUT2D eigenvalue weighted by Crippen LogP contribution is -2.27. The first-order chi connectivity index (χ1) is 10.1. The molecular weight excluding hydrogens is 268 g/mol. The number of Topliss-reactive ketones (excluding diaryl/α,β-unsaturated/α-hetero) is 1. The molecule has 0 aliphatic heterocycles. The second-order valence-corrected chi connectivity index (χ2v) is 4.75. The number of aromatic nitrogens is 1. The van der Waals surface area contributed by atoms with Gasteiger partial charge in [0.2, 0.25) is 0 Å². The lowest BCUT2D eigenvalue weighted by molar-refractivity contribution is -0.114. The third kappa shape index (κ3) is 3.03. The largest absolute Gasteiger partial charge is 0.383 e. The van der Waals surface area contributed by atoms with Crippen LogP contribution in [-0.2, 0) is 16.1 Å². The summed E-state index contributed by atoms with van der Waals surface area (Å²) in [6.45, 7) is 2.83. The Morgan fingerprint density at radius 1 is 1.24 bits per heavy atom. The van der Waals surface area contributed by atoms with E-state index in [9.17, 15) is 9.59 Å². The van der Waals surface area contributed by atoms with Crippen molar-refractivity contribution in [3.8, 4) is 11.1 Å². The molecule has 2 N–H and O–H groups in total. The molecule has 0 fully saturated rings. The van der Waals surface area contributed by atoms with E-state index in [1.165, 1.54) is 0 Å². The van der Waals surface area contributed by atoms with E-state index >= 15 is 0 Å². The molecule has 2 aromatic rings. The van der Waals surface area contributed by atoms with Crippen molar-refractivity contribution in [3.63, 3.8) is 0 Å². The fourth-order valence-electron chi connectivity index (χ4n) is 2.35. The Morgan fingerprint density at radius 3 is 2.48 bits per heavy atom. The number of hydrogen-bond acceptors (Lipinski definition) is 3. The number of ketones is 1. The molecule has 0 unspecified atom stereocenters. The summed E-state index contributed by atoms with van der Waals surface area (Å²) < 4.78 is 6.84. The fraction of sp³-hybridized carbons (Fsp3) is 0.250. The topological polar surface area (TPSA) is 74.3 Å². The minimum absolute atomic E-state index is 0.322. The van der Waals surface area contributed by atoms with Crippen molar-refractivity contribution >= 4 is 11.7 Å². The maximum absolute atomic E-state index is 12.2. The van der Waals surface area contributed by atoms with Gasteiger partial charge in [-0.1, -0.05) is 30.3 Å². The zero-order valence-corrected chi connectivity index (χ0v) is 12.1. The van der Waals surface area contributed by atoms with Crippen molar-refractivity contribution in [2.45, 2.75) is 13.5 Å². The standard InChI is InChI=1S/C16H18N2O3/c1-11-10-13(12-6-4-3-5-7-12)14(15(19)16(17)20)18(11)8-9-21-2/h3-7,10H,8-9H2,1-2H3,(H2,17,20). The lowest BCUT2D eigenvalue weighted by atomic mass is 10.0. The van der Waals surface area contributed by atoms with Gasteiger partial charge in [0.25, 0.3) is 11.7 Å². The Kier molecular flexibility index (Phi) is 4.55. The summed E-state index contributed by atoms with van der Waals surface area (Å²) in [4.78, 5) is 23.5. The van der Waals surface area contributed by atoms with Crippen LogP contribution in [0.25, 0.3) is 11.1 Å². The van der Waals surface area contributed by atoms with Crippen LogP contribution in [0.4, 0.5) is 0 Å². The number of primary amides is 1. The molecule has 1 heterocycles. The van der Waals surface area contributed by atoms with E-state index in [-0.39, 0.29) is 0 Å². The highest BCUT2D eigenvalue weighted by atomic mass is 16.5. The van der Waals surface area contributed by atoms with Crippen molar-refractivity contribution in [1.29, 1.82) is 0 Å². The lowest BCUT2D eigenvalue weighted by Gasteiger charge is -2.10. The summed E-state index contributed by atoms with van der Waals surface area (Å²) in [7, 11) is 1.59. The summed E-state index contributed by atoms with van der Waals surface area (Å²) in [6.07, 6.45) is 0. The third-order valence-corrected chi connectivity index (χ3v) is 3.35. The van der Waals surface area contributed by atoms with Crippen molar-refractivity contribution in [2.75, 3.05) is 13.7 Å². The Morgan fingerprint density at radius 2 is 1.90 bits per heavy atom. The van der Waals surface area contributed by atoms with Gasteiger partial charge >= 0.3 is 0 Å². The molecule has 0 radical (unpaired) electrons. The number of nitrogens with zero attached hydrogens (tertiary/aromatic N) is 1. The second-order valence-electron chi connectivity index (χ2n) is 4.75. The number of rotatable bonds is 6. The zero-order valence-electron chi connectivity index (χ0n) is 12.1. The minimum atomic E-state index is -0.955. The van der Waals surface area contributed by atoms with Gasteiger partial charge in [-0.05, 0) is 18.6 Å². The molecule has 110 valence electrons. The van der Waals surface area contributed by atoms with E-state index in [1.807, 2.05) is 43.3 Å². The minimum Gasteiger partial charge on any atom is -0.383 e. The van der Waals surface area contributed by atoms with Crippen molar-refractivity contribution < 1.29 is 14.3 Å². The van der Waals surface area contributed by atoms with E-state index in [4.69, 9.17) is 10.5 Å². The summed E-state index contributed by atoms with van der Waals surface area (Å²) in [5, 5.41) is 0. The van der Waals surface area contributed by atoms with Crippen molar-refractivity contribution in [3.05, 3.63) is 47.8 Å². The summed E-state index contributed by atoms with van der Waals surface area (Å²) in [6, 6.07) is 11.3. The SMILES string of the molecule is COCCn1c(C)cc(-c2ccccc2)c1C(=O)C(N)=O. The van der Waals surface area contributed by atoms with E-state index in [0.29, 0.717) is 24.4 Å². The van der Waals surface area contributed by atoms with Crippen LogP contribution < -0.4 is 5.73 Å². The van der Waals surface area contributed by atoms with Gasteiger partial charge < -0.3 is 15.0 Å². The van der Waals surface area contributed by atoms with Crippen LogP contribution in [0, 0.1) is 6.92 Å². The van der Waals surface area contributed by atoms with Gasteiger partial charge in [-0.15, -0.1) is 0 Å². The monoisotopic (exact) mass is 286 g/mol. The Hall–Kier alpha value is -2.40. The van der Waals surface area contributed by atoms with Crippen LogP contribution in [0.5, 0.6) is 0 Å². The number of carbonyl (C=O) groups is 2. The third-order valence-electron chi connectivity index (χ3n) is 3.35. The van der Waals surface area contributed by atoms with Crippen LogP contribution in [0.15, 0.2) is 36.4 Å². The maximum atomic E-state index is 12.2. The number of hydrogen-bond donors (Lipinski definition) is 1. The van der Waals surface area contributed by atoms with Gasteiger partial charge in [0, 0.05) is 24.9 Å². The molecule has 0 saturated heterocycles. The van der Waals surface area contributed by atoms with Crippen LogP contribution in [-0.4, -0.2) is 30.0 Å². The van der Waals surface area contributed by atoms with Gasteiger partial charge in [0.15, 0.2) is 0 Å². The molecule has 0 bridgehead atoms. The Bertz CT molecular complexity index is 660. The predicted molar refractivity (Wildman–Crippen MR) is 80.0 cm³/mol. The molecule has 0 spiro atoms. The first-order valence-electron chi connectivity index (χ1n) is 6.65. The molecule has 1 amide bonds. The number of ether oxygens (including phenoxy) is 1. The molecule has 1 aromatic heterocycles. The summed E-state index contributed by atoms with van der Waals surface area (Å²) in [5.74, 6) is -1.64. The first-order valence-corrected chi connectivity index (χ1v) is 6.65. The van der Waals surface area contributed by atoms with Gasteiger partial charge in [-0.25, -0.2) is 0 Å². The molecular formula is C16H18N2O3. The van der Waals surface area contributed by atoms with Crippen LogP contribution in [0.2, 0.25) is 0 Å². The molecule has 1 aromatic carbocycles. The number of aryl methyl sites for hydroxylation is 1. The highest BCUT2D eigenvalue weighted by molar-refractivity contribution is 6.43. The highest BCUT2D eigenvalue weighted by Crippen LogP contribution is 2.27. The molecule has 0 atom stereocenters. The number of nitrogens with two attached hydrogens (primary N) is 1. The molecule has 0 aliphatic carbocycles. The highest BCUT2D eigenvalue weighted by Gasteiger charge is 2.24. The van der Waals surface area contributed by atoms with Gasteiger partial charge in [-0.2, -0.15) is 0 Å². The molecule has 2 rings (SSSR count). The quantitative estimate of drug-likeness (QED) is 0.649. The number of methoxy groups -OCH3 is 1. The maximum Gasteiger partial charge on any atom is 0.291 e. The average molecular weight is 286 g/mol. The first kappa shape index (κ1) is 15.0. The van der Waals surface area contributed by atoms with Gasteiger partial charge in [-0.3, -0.25) is 9.59 Å². The molecule has 21 heavy (non-hydrogen) atoms. The van der Waals surface area contributed by atoms with E-state index in [1.54, 1.807) is 11.7 Å². The fourth-order valence-corrected chi connectivity index (χ4v) is 2.35. The molecule has 5 nitrogen and oxygen atoms in total.